The Morgan fingerprint density at radius 3 is 2.80 bits per heavy atom. The summed E-state index contributed by atoms with van der Waals surface area (Å²) in [6.07, 6.45) is -1.36. The van der Waals surface area contributed by atoms with Crippen molar-refractivity contribution in [2.45, 2.75) is 32.0 Å². The summed E-state index contributed by atoms with van der Waals surface area (Å²) in [5.74, 6) is 0.395. The van der Waals surface area contributed by atoms with Gasteiger partial charge in [-0.2, -0.15) is 13.2 Å². The molecule has 7 heteroatoms. The minimum Gasteiger partial charge on any atom is -0.383 e. The van der Waals surface area contributed by atoms with Crippen molar-refractivity contribution in [3.8, 4) is 0 Å². The van der Waals surface area contributed by atoms with Gasteiger partial charge in [-0.05, 0) is 31.0 Å². The van der Waals surface area contributed by atoms with Crippen LogP contribution in [0.4, 0.5) is 19.0 Å². The van der Waals surface area contributed by atoms with Gasteiger partial charge in [-0.25, -0.2) is 4.98 Å². The van der Waals surface area contributed by atoms with Gasteiger partial charge in [0.25, 0.3) is 0 Å². The van der Waals surface area contributed by atoms with Crippen molar-refractivity contribution in [3.63, 3.8) is 0 Å². The maximum Gasteiger partial charge on any atom is 0.411 e. The van der Waals surface area contributed by atoms with Crippen molar-refractivity contribution in [2.75, 3.05) is 25.5 Å². The molecule has 1 unspecified atom stereocenters. The number of pyridine rings is 1. The van der Waals surface area contributed by atoms with Gasteiger partial charge in [-0.1, -0.05) is 13.0 Å². The molecule has 1 heterocycles. The molecule has 114 valence electrons. The van der Waals surface area contributed by atoms with Gasteiger partial charge in [0.15, 0.2) is 0 Å². The fourth-order valence-corrected chi connectivity index (χ4v) is 1.74. The molecule has 0 aromatic carbocycles. The summed E-state index contributed by atoms with van der Waals surface area (Å²) in [7, 11) is 0. The molecule has 1 atom stereocenters. The molecule has 0 bridgehead atoms. The number of nitrogen functional groups attached to an aromatic ring is 1. The maximum atomic E-state index is 12.1. The molecule has 1 aromatic heterocycles. The number of hydrogen-bond acceptors (Lipinski definition) is 4. The topological polar surface area (TPSA) is 60.2 Å². The van der Waals surface area contributed by atoms with E-state index in [1.165, 1.54) is 0 Å². The molecule has 0 saturated heterocycles. The lowest BCUT2D eigenvalue weighted by atomic mass is 10.1. The van der Waals surface area contributed by atoms with E-state index in [0.717, 1.165) is 12.0 Å². The summed E-state index contributed by atoms with van der Waals surface area (Å²) < 4.78 is 40.9. The van der Waals surface area contributed by atoms with Crippen LogP contribution in [0.3, 0.4) is 0 Å². The van der Waals surface area contributed by atoms with Crippen molar-refractivity contribution in [1.29, 1.82) is 0 Å². The zero-order valence-corrected chi connectivity index (χ0v) is 11.4. The number of rotatable bonds is 8. The first-order chi connectivity index (χ1) is 9.42. The van der Waals surface area contributed by atoms with E-state index >= 15 is 0 Å². The first-order valence-electron chi connectivity index (χ1n) is 6.49. The lowest BCUT2D eigenvalue weighted by molar-refractivity contribution is -0.175. The van der Waals surface area contributed by atoms with Crippen LogP contribution in [-0.4, -0.2) is 37.0 Å². The van der Waals surface area contributed by atoms with Crippen LogP contribution in [-0.2, 0) is 11.2 Å². The third-order valence-corrected chi connectivity index (χ3v) is 2.66. The van der Waals surface area contributed by atoms with Crippen LogP contribution < -0.4 is 11.1 Å². The average molecular weight is 291 g/mol. The van der Waals surface area contributed by atoms with Gasteiger partial charge in [-0.3, -0.25) is 0 Å². The second-order valence-electron chi connectivity index (χ2n) is 4.53. The van der Waals surface area contributed by atoms with E-state index in [0.29, 0.717) is 18.8 Å². The first kappa shape index (κ1) is 16.7. The van der Waals surface area contributed by atoms with Crippen molar-refractivity contribution < 1.29 is 17.9 Å². The molecule has 20 heavy (non-hydrogen) atoms. The quantitative estimate of drug-likeness (QED) is 0.770. The van der Waals surface area contributed by atoms with E-state index in [1.54, 1.807) is 12.3 Å². The van der Waals surface area contributed by atoms with E-state index < -0.39 is 12.8 Å². The highest BCUT2D eigenvalue weighted by atomic mass is 19.4. The Balaban J connectivity index is 2.53. The van der Waals surface area contributed by atoms with Gasteiger partial charge >= 0.3 is 6.18 Å². The Hall–Kier alpha value is -1.34. The van der Waals surface area contributed by atoms with E-state index in [2.05, 4.69) is 10.3 Å². The summed E-state index contributed by atoms with van der Waals surface area (Å²) in [4.78, 5) is 3.96. The second kappa shape index (κ2) is 8.06. The third kappa shape index (κ3) is 6.72. The predicted molar refractivity (Wildman–Crippen MR) is 71.3 cm³/mol. The monoisotopic (exact) mass is 291 g/mol. The fraction of sp³-hybridized carbons (Fsp3) is 0.615. The lowest BCUT2D eigenvalue weighted by Gasteiger charge is -2.19. The Bertz CT molecular complexity index is 399. The number of anilines is 1. The van der Waals surface area contributed by atoms with Crippen LogP contribution in [0.1, 0.15) is 18.9 Å². The summed E-state index contributed by atoms with van der Waals surface area (Å²) in [5, 5.41) is 3.16. The highest BCUT2D eigenvalue weighted by molar-refractivity contribution is 5.38. The zero-order chi connectivity index (χ0) is 15.0. The predicted octanol–water partition coefficient (Wildman–Crippen LogP) is 2.15. The van der Waals surface area contributed by atoms with Gasteiger partial charge in [0, 0.05) is 12.2 Å². The smallest absolute Gasteiger partial charge is 0.383 e. The van der Waals surface area contributed by atoms with Crippen molar-refractivity contribution in [2.24, 2.45) is 0 Å². The molecule has 0 radical (unpaired) electrons. The Labute approximate surface area is 116 Å². The standard InChI is InChI=1S/C13H20F3N3O/c1-2-5-18-11(8-20-9-13(14,15)16)7-10-4-3-6-19-12(10)17/h3-4,6,11,18H,2,5,7-9H2,1H3,(H2,17,19). The Morgan fingerprint density at radius 2 is 2.20 bits per heavy atom. The largest absolute Gasteiger partial charge is 0.411 e. The second-order valence-corrected chi connectivity index (χ2v) is 4.53. The van der Waals surface area contributed by atoms with Crippen LogP contribution in [0.15, 0.2) is 18.3 Å². The number of halogens is 3. The normalized spacial score (nSPS) is 13.4. The average Bonchev–Trinajstić information content (AvgIpc) is 2.36. The van der Waals surface area contributed by atoms with Gasteiger partial charge in [0.2, 0.25) is 0 Å². The Kier molecular flexibility index (Phi) is 6.74. The van der Waals surface area contributed by atoms with Gasteiger partial charge < -0.3 is 15.8 Å². The zero-order valence-electron chi connectivity index (χ0n) is 11.4. The van der Waals surface area contributed by atoms with Crippen LogP contribution in [0.2, 0.25) is 0 Å². The van der Waals surface area contributed by atoms with Crippen LogP contribution in [0.5, 0.6) is 0 Å². The molecule has 4 nitrogen and oxygen atoms in total. The van der Waals surface area contributed by atoms with Gasteiger partial charge in [-0.15, -0.1) is 0 Å². The Morgan fingerprint density at radius 1 is 1.45 bits per heavy atom. The van der Waals surface area contributed by atoms with Gasteiger partial charge in [0.1, 0.15) is 12.4 Å². The van der Waals surface area contributed by atoms with E-state index in [1.807, 2.05) is 13.0 Å². The molecule has 0 saturated carbocycles. The molecule has 0 aliphatic rings. The van der Waals surface area contributed by atoms with E-state index in [9.17, 15) is 13.2 Å². The third-order valence-electron chi connectivity index (χ3n) is 2.66. The number of hydrogen-bond donors (Lipinski definition) is 2. The number of ether oxygens (including phenoxy) is 1. The highest BCUT2D eigenvalue weighted by Crippen LogP contribution is 2.15. The molecule has 0 aliphatic carbocycles. The van der Waals surface area contributed by atoms with Crippen molar-refractivity contribution in [1.82, 2.24) is 10.3 Å². The number of nitrogens with one attached hydrogen (secondary N) is 1. The molecule has 1 aromatic rings. The number of nitrogens with two attached hydrogens (primary N) is 1. The van der Waals surface area contributed by atoms with Crippen LogP contribution in [0.25, 0.3) is 0 Å². The molecule has 0 spiro atoms. The van der Waals surface area contributed by atoms with Crippen molar-refractivity contribution in [3.05, 3.63) is 23.9 Å². The molecular weight excluding hydrogens is 271 g/mol. The first-order valence-corrected chi connectivity index (χ1v) is 6.49. The van der Waals surface area contributed by atoms with E-state index in [-0.39, 0.29) is 12.6 Å². The summed E-state index contributed by atoms with van der Waals surface area (Å²) >= 11 is 0. The fourth-order valence-electron chi connectivity index (χ4n) is 1.74. The lowest BCUT2D eigenvalue weighted by Crippen LogP contribution is -2.37. The minimum absolute atomic E-state index is 0.0200. The van der Waals surface area contributed by atoms with Crippen LogP contribution in [0, 0.1) is 0 Å². The molecule has 3 N–H and O–H groups in total. The minimum atomic E-state index is -4.30. The summed E-state index contributed by atoms with van der Waals surface area (Å²) in [5.41, 5.74) is 6.54. The molecule has 0 aliphatic heterocycles. The van der Waals surface area contributed by atoms with Crippen molar-refractivity contribution >= 4 is 5.82 Å². The van der Waals surface area contributed by atoms with Crippen LogP contribution >= 0.6 is 0 Å². The molecular formula is C13H20F3N3O. The number of nitrogens with zero attached hydrogens (tertiary/aromatic N) is 1. The van der Waals surface area contributed by atoms with Gasteiger partial charge in [0.05, 0.1) is 6.61 Å². The molecule has 1 rings (SSSR count). The number of aromatic nitrogens is 1. The highest BCUT2D eigenvalue weighted by Gasteiger charge is 2.28. The maximum absolute atomic E-state index is 12.1. The molecule has 0 fully saturated rings. The molecule has 0 amide bonds. The SMILES string of the molecule is CCCNC(COCC(F)(F)F)Cc1cccnc1N. The van der Waals surface area contributed by atoms with E-state index in [4.69, 9.17) is 10.5 Å². The summed E-state index contributed by atoms with van der Waals surface area (Å²) in [6, 6.07) is 3.34. The summed E-state index contributed by atoms with van der Waals surface area (Å²) in [6.45, 7) is 1.44. The number of alkyl halides is 3.